The predicted octanol–water partition coefficient (Wildman–Crippen LogP) is 0.315. The van der Waals surface area contributed by atoms with Crippen molar-refractivity contribution in [3.05, 3.63) is 0 Å². The first-order valence-electron chi connectivity index (χ1n) is 8.04. The maximum absolute atomic E-state index is 12.5. The van der Waals surface area contributed by atoms with E-state index in [2.05, 4.69) is 5.32 Å². The Labute approximate surface area is 133 Å². The molecule has 0 bridgehead atoms. The van der Waals surface area contributed by atoms with Gasteiger partial charge in [-0.2, -0.15) is 0 Å². The molecule has 1 spiro atoms. The smallest absolute Gasteiger partial charge is 0.326 e. The van der Waals surface area contributed by atoms with Crippen molar-refractivity contribution in [3.8, 4) is 0 Å². The first-order valence-corrected chi connectivity index (χ1v) is 8.04. The lowest BCUT2D eigenvalue weighted by Gasteiger charge is -2.28. The number of imide groups is 1. The molecule has 0 aromatic rings. The van der Waals surface area contributed by atoms with Gasteiger partial charge in [0.2, 0.25) is 5.91 Å². The number of hydrogen-bond acceptors (Lipinski definition) is 4. The van der Waals surface area contributed by atoms with Gasteiger partial charge >= 0.3 is 12.0 Å². The Morgan fingerprint density at radius 3 is 2.48 bits per heavy atom. The summed E-state index contributed by atoms with van der Waals surface area (Å²) in [6, 6.07) is -1.62. The highest BCUT2D eigenvalue weighted by molar-refractivity contribution is 6.09. The van der Waals surface area contributed by atoms with E-state index in [0.29, 0.717) is 12.8 Å². The monoisotopic (exact) mass is 323 g/mol. The molecule has 4 amide bonds. The van der Waals surface area contributed by atoms with Gasteiger partial charge in [0.05, 0.1) is 0 Å². The van der Waals surface area contributed by atoms with E-state index < -0.39 is 29.5 Å². The van der Waals surface area contributed by atoms with Crippen molar-refractivity contribution in [2.24, 2.45) is 0 Å². The van der Waals surface area contributed by atoms with Crippen LogP contribution in [0.15, 0.2) is 0 Å². The summed E-state index contributed by atoms with van der Waals surface area (Å²) in [5.41, 5.74) is -0.847. The third-order valence-corrected chi connectivity index (χ3v) is 5.00. The molecule has 3 fully saturated rings. The van der Waals surface area contributed by atoms with E-state index in [1.807, 2.05) is 0 Å². The van der Waals surface area contributed by atoms with Crippen molar-refractivity contribution in [1.82, 2.24) is 15.1 Å². The van der Waals surface area contributed by atoms with Crippen molar-refractivity contribution >= 4 is 23.8 Å². The van der Waals surface area contributed by atoms with Gasteiger partial charge in [-0.15, -0.1) is 0 Å². The predicted molar refractivity (Wildman–Crippen MR) is 78.4 cm³/mol. The van der Waals surface area contributed by atoms with E-state index in [1.165, 1.54) is 11.8 Å². The van der Waals surface area contributed by atoms with E-state index in [0.717, 1.165) is 30.6 Å². The Hall–Kier alpha value is -2.12. The van der Waals surface area contributed by atoms with Gasteiger partial charge in [-0.05, 0) is 32.6 Å². The molecule has 3 rings (SSSR count). The van der Waals surface area contributed by atoms with Gasteiger partial charge in [0, 0.05) is 6.04 Å². The van der Waals surface area contributed by atoms with Gasteiger partial charge in [0.25, 0.3) is 5.91 Å². The standard InChI is InChI=1S/C15H21N3O5/c1-9(12(20)21)18(10-4-5-10)11(19)8-17-13(22)15(16-14(17)23)6-2-3-7-15/h9-10H,2-8H2,1H3,(H,16,23)(H,20,21). The molecule has 3 aliphatic rings. The van der Waals surface area contributed by atoms with Crippen molar-refractivity contribution in [1.29, 1.82) is 0 Å². The molecule has 126 valence electrons. The quantitative estimate of drug-likeness (QED) is 0.708. The minimum absolute atomic E-state index is 0.102. The average molecular weight is 323 g/mol. The molecule has 1 saturated heterocycles. The summed E-state index contributed by atoms with van der Waals surface area (Å²) in [5, 5.41) is 11.9. The number of carbonyl (C=O) groups is 4. The largest absolute Gasteiger partial charge is 0.480 e. The molecular weight excluding hydrogens is 302 g/mol. The van der Waals surface area contributed by atoms with Crippen LogP contribution in [0.3, 0.4) is 0 Å². The van der Waals surface area contributed by atoms with Gasteiger partial charge < -0.3 is 15.3 Å². The number of rotatable bonds is 5. The number of hydrogen-bond donors (Lipinski definition) is 2. The second-order valence-electron chi connectivity index (χ2n) is 6.66. The van der Waals surface area contributed by atoms with Crippen molar-refractivity contribution in [2.45, 2.75) is 63.1 Å². The normalized spacial score (nSPS) is 24.0. The highest BCUT2D eigenvalue weighted by atomic mass is 16.4. The molecule has 1 heterocycles. The van der Waals surface area contributed by atoms with Crippen molar-refractivity contribution < 1.29 is 24.3 Å². The van der Waals surface area contributed by atoms with Crippen LogP contribution in [0.25, 0.3) is 0 Å². The Kier molecular flexibility index (Phi) is 3.77. The molecule has 2 aliphatic carbocycles. The number of nitrogens with one attached hydrogen (secondary N) is 1. The summed E-state index contributed by atoms with van der Waals surface area (Å²) in [5.74, 6) is -1.93. The van der Waals surface area contributed by atoms with Gasteiger partial charge in [-0.3, -0.25) is 14.5 Å². The number of carbonyl (C=O) groups excluding carboxylic acids is 3. The van der Waals surface area contributed by atoms with Crippen LogP contribution >= 0.6 is 0 Å². The molecule has 0 aromatic carbocycles. The first kappa shape index (κ1) is 15.8. The third-order valence-electron chi connectivity index (χ3n) is 5.00. The van der Waals surface area contributed by atoms with E-state index in [1.54, 1.807) is 0 Å². The number of carboxylic acid groups (broad SMARTS) is 1. The van der Waals surface area contributed by atoms with Crippen molar-refractivity contribution in [2.75, 3.05) is 6.54 Å². The second kappa shape index (κ2) is 5.50. The summed E-state index contributed by atoms with van der Waals surface area (Å²) in [4.78, 5) is 50.6. The van der Waals surface area contributed by atoms with E-state index in [9.17, 15) is 19.2 Å². The minimum Gasteiger partial charge on any atom is -0.480 e. The van der Waals surface area contributed by atoms with Crippen LogP contribution in [0.5, 0.6) is 0 Å². The summed E-state index contributed by atoms with van der Waals surface area (Å²) in [7, 11) is 0. The lowest BCUT2D eigenvalue weighted by molar-refractivity contribution is -0.151. The average Bonchev–Trinajstić information content (AvgIpc) is 3.16. The lowest BCUT2D eigenvalue weighted by atomic mass is 9.98. The molecule has 8 nitrogen and oxygen atoms in total. The van der Waals surface area contributed by atoms with Gasteiger partial charge in [-0.1, -0.05) is 12.8 Å². The zero-order chi connectivity index (χ0) is 16.8. The van der Waals surface area contributed by atoms with Crippen LogP contribution in [-0.4, -0.2) is 62.9 Å². The maximum Gasteiger partial charge on any atom is 0.326 e. The zero-order valence-electron chi connectivity index (χ0n) is 13.1. The molecular formula is C15H21N3O5. The molecule has 2 N–H and O–H groups in total. The van der Waals surface area contributed by atoms with Crippen LogP contribution in [0.4, 0.5) is 4.79 Å². The molecule has 0 radical (unpaired) electrons. The Balaban J connectivity index is 1.72. The highest BCUT2D eigenvalue weighted by Crippen LogP contribution is 2.35. The van der Waals surface area contributed by atoms with Gasteiger partial charge in [0.15, 0.2) is 0 Å². The molecule has 1 unspecified atom stereocenters. The highest BCUT2D eigenvalue weighted by Gasteiger charge is 2.53. The number of aliphatic carboxylic acids is 1. The van der Waals surface area contributed by atoms with Gasteiger partial charge in [0.1, 0.15) is 18.1 Å². The molecule has 1 atom stereocenters. The van der Waals surface area contributed by atoms with Gasteiger partial charge in [-0.25, -0.2) is 9.59 Å². The topological polar surface area (TPSA) is 107 Å². The summed E-state index contributed by atoms with van der Waals surface area (Å²) >= 11 is 0. The van der Waals surface area contributed by atoms with Crippen LogP contribution < -0.4 is 5.32 Å². The van der Waals surface area contributed by atoms with E-state index >= 15 is 0 Å². The fourth-order valence-corrected chi connectivity index (χ4v) is 3.56. The number of amides is 4. The van der Waals surface area contributed by atoms with E-state index in [4.69, 9.17) is 5.11 Å². The second-order valence-corrected chi connectivity index (χ2v) is 6.66. The molecule has 23 heavy (non-hydrogen) atoms. The van der Waals surface area contributed by atoms with Crippen molar-refractivity contribution in [3.63, 3.8) is 0 Å². The minimum atomic E-state index is -1.09. The summed E-state index contributed by atoms with van der Waals surface area (Å²) < 4.78 is 0. The van der Waals surface area contributed by atoms with E-state index in [-0.39, 0.29) is 18.5 Å². The fourth-order valence-electron chi connectivity index (χ4n) is 3.56. The Morgan fingerprint density at radius 2 is 1.96 bits per heavy atom. The molecule has 2 saturated carbocycles. The molecule has 8 heteroatoms. The fraction of sp³-hybridized carbons (Fsp3) is 0.733. The van der Waals surface area contributed by atoms with Crippen LogP contribution in [-0.2, 0) is 14.4 Å². The number of nitrogens with zero attached hydrogens (tertiary/aromatic N) is 2. The Bertz CT molecular complexity index is 565. The summed E-state index contributed by atoms with van der Waals surface area (Å²) in [6.07, 6.45) is 4.46. The number of urea groups is 1. The van der Waals surface area contributed by atoms with Crippen LogP contribution in [0.1, 0.15) is 45.4 Å². The SMILES string of the molecule is CC(C(=O)O)N(C(=O)CN1C(=O)NC2(CCCC2)C1=O)C1CC1. The lowest BCUT2D eigenvalue weighted by Crippen LogP contribution is -2.50. The third kappa shape index (κ3) is 2.66. The Morgan fingerprint density at radius 1 is 1.35 bits per heavy atom. The maximum atomic E-state index is 12.5. The molecule has 1 aliphatic heterocycles. The zero-order valence-corrected chi connectivity index (χ0v) is 13.1. The van der Waals surface area contributed by atoms with Crippen LogP contribution in [0.2, 0.25) is 0 Å². The molecule has 0 aromatic heterocycles. The summed E-state index contributed by atoms with van der Waals surface area (Å²) in [6.45, 7) is 1.06. The van der Waals surface area contributed by atoms with Crippen LogP contribution in [0, 0.1) is 0 Å². The first-order chi connectivity index (χ1) is 10.9. The number of carboxylic acids is 1.